The maximum absolute atomic E-state index is 11.9. The van der Waals surface area contributed by atoms with Crippen LogP contribution in [0.1, 0.15) is 17.4 Å². The fourth-order valence-electron chi connectivity index (χ4n) is 2.08. The van der Waals surface area contributed by atoms with Gasteiger partial charge in [0, 0.05) is 0 Å². The van der Waals surface area contributed by atoms with Crippen molar-refractivity contribution in [3.63, 3.8) is 0 Å². The smallest absolute Gasteiger partial charge is 0.355 e. The van der Waals surface area contributed by atoms with E-state index in [-0.39, 0.29) is 5.97 Å². The lowest BCUT2D eigenvalue weighted by atomic mass is 10.3. The normalized spacial score (nSPS) is 10.9. The van der Waals surface area contributed by atoms with Crippen LogP contribution in [0, 0.1) is 0 Å². The van der Waals surface area contributed by atoms with E-state index in [0.717, 1.165) is 16.6 Å². The summed E-state index contributed by atoms with van der Waals surface area (Å²) in [5.41, 5.74) is 3.18. The summed E-state index contributed by atoms with van der Waals surface area (Å²) >= 11 is 0. The first-order valence-electron chi connectivity index (χ1n) is 5.83. The van der Waals surface area contributed by atoms with Gasteiger partial charge in [-0.2, -0.15) is 0 Å². The molecule has 0 amide bonds. The molecule has 3 rings (SSSR count). The van der Waals surface area contributed by atoms with Gasteiger partial charge in [-0.25, -0.2) is 4.79 Å². The molecule has 0 unspecified atom stereocenters. The Labute approximate surface area is 104 Å². The van der Waals surface area contributed by atoms with Crippen LogP contribution in [-0.2, 0) is 4.74 Å². The number of carbonyl (C=O) groups excluding carboxylic acids is 1. The first-order chi connectivity index (χ1) is 8.81. The molecule has 0 spiro atoms. The predicted octanol–water partition coefficient (Wildman–Crippen LogP) is 2.66. The van der Waals surface area contributed by atoms with Gasteiger partial charge in [0.05, 0.1) is 29.4 Å². The maximum atomic E-state index is 11.9. The van der Waals surface area contributed by atoms with Crippen molar-refractivity contribution in [3.05, 3.63) is 48.3 Å². The number of ether oxygens (including phenoxy) is 1. The summed E-state index contributed by atoms with van der Waals surface area (Å²) in [6, 6.07) is 11.3. The van der Waals surface area contributed by atoms with Crippen molar-refractivity contribution in [1.29, 1.82) is 0 Å². The summed E-state index contributed by atoms with van der Waals surface area (Å²) in [5, 5.41) is 0. The molecule has 0 aliphatic rings. The second-order valence-electron chi connectivity index (χ2n) is 3.95. The molecule has 0 saturated carbocycles. The Morgan fingerprint density at radius 2 is 2.11 bits per heavy atom. The van der Waals surface area contributed by atoms with E-state index in [4.69, 9.17) is 4.74 Å². The minimum absolute atomic E-state index is 0.311. The van der Waals surface area contributed by atoms with Crippen LogP contribution >= 0.6 is 0 Å². The first-order valence-corrected chi connectivity index (χ1v) is 5.83. The standard InChI is InChI=1S/C14H12N2O2/c1-2-18-14(17)13-8-7-10-9-15-11-5-3-4-6-12(11)16(10)13/h3-9H,2H2,1H3. The Kier molecular flexibility index (Phi) is 2.48. The highest BCUT2D eigenvalue weighted by Gasteiger charge is 2.13. The lowest BCUT2D eigenvalue weighted by Gasteiger charge is -2.06. The van der Waals surface area contributed by atoms with Crippen LogP contribution < -0.4 is 0 Å². The Hall–Kier alpha value is -2.36. The van der Waals surface area contributed by atoms with Crippen molar-refractivity contribution in [2.45, 2.75) is 6.92 Å². The Morgan fingerprint density at radius 1 is 1.28 bits per heavy atom. The zero-order valence-electron chi connectivity index (χ0n) is 9.96. The molecule has 2 aromatic heterocycles. The molecule has 4 heteroatoms. The van der Waals surface area contributed by atoms with E-state index in [2.05, 4.69) is 4.98 Å². The van der Waals surface area contributed by atoms with E-state index in [0.29, 0.717) is 12.3 Å². The number of rotatable bonds is 2. The van der Waals surface area contributed by atoms with Crippen LogP contribution in [0.25, 0.3) is 16.6 Å². The van der Waals surface area contributed by atoms with E-state index < -0.39 is 0 Å². The van der Waals surface area contributed by atoms with Gasteiger partial charge in [0.2, 0.25) is 0 Å². The van der Waals surface area contributed by atoms with E-state index in [1.54, 1.807) is 19.2 Å². The largest absolute Gasteiger partial charge is 0.461 e. The van der Waals surface area contributed by atoms with Gasteiger partial charge in [0.15, 0.2) is 0 Å². The fourth-order valence-corrected chi connectivity index (χ4v) is 2.08. The lowest BCUT2D eigenvalue weighted by Crippen LogP contribution is -2.08. The van der Waals surface area contributed by atoms with Crippen molar-refractivity contribution < 1.29 is 9.53 Å². The van der Waals surface area contributed by atoms with Crippen LogP contribution in [0.15, 0.2) is 42.6 Å². The summed E-state index contributed by atoms with van der Waals surface area (Å²) in [7, 11) is 0. The highest BCUT2D eigenvalue weighted by molar-refractivity contribution is 5.92. The minimum atomic E-state index is -0.311. The minimum Gasteiger partial charge on any atom is -0.461 e. The SMILES string of the molecule is CCOC(=O)c1ccc2cnc3ccccc3n12. The van der Waals surface area contributed by atoms with Gasteiger partial charge in [-0.1, -0.05) is 12.1 Å². The average Bonchev–Trinajstić information content (AvgIpc) is 2.83. The molecule has 2 heterocycles. The zero-order valence-corrected chi connectivity index (χ0v) is 9.96. The molecule has 0 N–H and O–H groups in total. The number of esters is 1. The molecule has 3 aromatic rings. The number of nitrogens with zero attached hydrogens (tertiary/aromatic N) is 2. The number of aromatic nitrogens is 2. The Morgan fingerprint density at radius 3 is 2.94 bits per heavy atom. The maximum Gasteiger partial charge on any atom is 0.355 e. The molecular weight excluding hydrogens is 228 g/mol. The van der Waals surface area contributed by atoms with E-state index in [1.165, 1.54) is 0 Å². The number of hydrogen-bond donors (Lipinski definition) is 0. The number of fused-ring (bicyclic) bond motifs is 3. The number of para-hydroxylation sites is 2. The molecule has 4 nitrogen and oxygen atoms in total. The third kappa shape index (κ3) is 1.54. The third-order valence-corrected chi connectivity index (χ3v) is 2.85. The molecule has 0 fully saturated rings. The zero-order chi connectivity index (χ0) is 12.5. The van der Waals surface area contributed by atoms with E-state index in [1.807, 2.05) is 34.7 Å². The van der Waals surface area contributed by atoms with Crippen molar-refractivity contribution in [2.24, 2.45) is 0 Å². The molecule has 0 bridgehead atoms. The molecular formula is C14H12N2O2. The van der Waals surface area contributed by atoms with Crippen LogP contribution in [0.3, 0.4) is 0 Å². The lowest BCUT2D eigenvalue weighted by molar-refractivity contribution is 0.0519. The van der Waals surface area contributed by atoms with Crippen LogP contribution in [0.5, 0.6) is 0 Å². The third-order valence-electron chi connectivity index (χ3n) is 2.85. The topological polar surface area (TPSA) is 43.6 Å². The Balaban J connectivity index is 2.33. The van der Waals surface area contributed by atoms with Crippen molar-refractivity contribution in [2.75, 3.05) is 6.61 Å². The molecule has 18 heavy (non-hydrogen) atoms. The van der Waals surface area contributed by atoms with Gasteiger partial charge >= 0.3 is 5.97 Å². The summed E-state index contributed by atoms with van der Waals surface area (Å²) in [4.78, 5) is 16.3. The molecule has 0 aliphatic heterocycles. The van der Waals surface area contributed by atoms with Crippen LogP contribution in [-0.4, -0.2) is 22.0 Å². The number of hydrogen-bond acceptors (Lipinski definition) is 3. The monoisotopic (exact) mass is 240 g/mol. The Bertz CT molecular complexity index is 731. The van der Waals surface area contributed by atoms with Gasteiger partial charge in [0.25, 0.3) is 0 Å². The molecule has 1 aromatic carbocycles. The van der Waals surface area contributed by atoms with Crippen LogP contribution in [0.2, 0.25) is 0 Å². The van der Waals surface area contributed by atoms with Gasteiger partial charge in [-0.05, 0) is 31.2 Å². The van der Waals surface area contributed by atoms with Crippen molar-refractivity contribution >= 4 is 22.5 Å². The first kappa shape index (κ1) is 10.8. The molecule has 0 saturated heterocycles. The molecule has 0 atom stereocenters. The summed E-state index contributed by atoms with van der Waals surface area (Å²) < 4.78 is 6.94. The van der Waals surface area contributed by atoms with Gasteiger partial charge in [0.1, 0.15) is 5.69 Å². The second-order valence-corrected chi connectivity index (χ2v) is 3.95. The van der Waals surface area contributed by atoms with Gasteiger partial charge in [-0.3, -0.25) is 4.98 Å². The predicted molar refractivity (Wildman–Crippen MR) is 68.7 cm³/mol. The van der Waals surface area contributed by atoms with Crippen molar-refractivity contribution in [1.82, 2.24) is 9.38 Å². The quantitative estimate of drug-likeness (QED) is 0.647. The number of benzene rings is 1. The van der Waals surface area contributed by atoms with Crippen molar-refractivity contribution in [3.8, 4) is 0 Å². The molecule has 0 aliphatic carbocycles. The second kappa shape index (κ2) is 4.14. The number of carbonyl (C=O) groups is 1. The van der Waals surface area contributed by atoms with E-state index >= 15 is 0 Å². The highest BCUT2D eigenvalue weighted by atomic mass is 16.5. The summed E-state index contributed by atoms with van der Waals surface area (Å²) in [6.07, 6.45) is 1.76. The fraction of sp³-hybridized carbons (Fsp3) is 0.143. The van der Waals surface area contributed by atoms with E-state index in [9.17, 15) is 4.79 Å². The molecule has 0 radical (unpaired) electrons. The highest BCUT2D eigenvalue weighted by Crippen LogP contribution is 2.18. The van der Waals surface area contributed by atoms with Gasteiger partial charge in [-0.15, -0.1) is 0 Å². The summed E-state index contributed by atoms with van der Waals surface area (Å²) in [6.45, 7) is 2.17. The van der Waals surface area contributed by atoms with Gasteiger partial charge < -0.3 is 9.14 Å². The molecule has 90 valence electrons. The summed E-state index contributed by atoms with van der Waals surface area (Å²) in [5.74, 6) is -0.311. The van der Waals surface area contributed by atoms with Crippen LogP contribution in [0.4, 0.5) is 0 Å². The average molecular weight is 240 g/mol.